The third-order valence-corrected chi connectivity index (χ3v) is 1.52. The lowest BCUT2D eigenvalue weighted by Crippen LogP contribution is -2.00. The van der Waals surface area contributed by atoms with Crippen LogP contribution in [0.5, 0.6) is 0 Å². The number of rotatable bonds is 5. The third-order valence-electron chi connectivity index (χ3n) is 1.52. The summed E-state index contributed by atoms with van der Waals surface area (Å²) in [5.74, 6) is 0.829. The first-order valence-corrected chi connectivity index (χ1v) is 4.32. The van der Waals surface area contributed by atoms with Crippen LogP contribution in [0.1, 0.15) is 31.7 Å². The van der Waals surface area contributed by atoms with Crippen molar-refractivity contribution in [2.24, 2.45) is 0 Å². The summed E-state index contributed by atoms with van der Waals surface area (Å²) in [6, 6.07) is 0. The Labute approximate surface area is 76.7 Å². The molecule has 1 N–H and O–H groups in total. The fraction of sp³-hybridized carbons (Fsp3) is 0.750. The van der Waals surface area contributed by atoms with Crippen LogP contribution in [0.3, 0.4) is 0 Å². The first-order chi connectivity index (χ1) is 6.24. The standard InChI is InChI=1S/C8H14N2O3/c1-3-12-5-4-7-9-8(6(2)11)13-10-7/h6,11H,3-5H2,1-2H3. The molecule has 0 aliphatic heterocycles. The fourth-order valence-electron chi connectivity index (χ4n) is 0.847. The van der Waals surface area contributed by atoms with Crippen molar-refractivity contribution in [2.45, 2.75) is 26.4 Å². The van der Waals surface area contributed by atoms with E-state index in [-0.39, 0.29) is 5.89 Å². The Kier molecular flexibility index (Phi) is 3.85. The van der Waals surface area contributed by atoms with E-state index in [1.54, 1.807) is 6.92 Å². The topological polar surface area (TPSA) is 68.4 Å². The van der Waals surface area contributed by atoms with Crippen molar-refractivity contribution >= 4 is 0 Å². The lowest BCUT2D eigenvalue weighted by atomic mass is 10.4. The molecule has 5 nitrogen and oxygen atoms in total. The van der Waals surface area contributed by atoms with Crippen LogP contribution in [-0.4, -0.2) is 28.5 Å². The van der Waals surface area contributed by atoms with Gasteiger partial charge in [-0.05, 0) is 13.8 Å². The quantitative estimate of drug-likeness (QED) is 0.685. The monoisotopic (exact) mass is 186 g/mol. The van der Waals surface area contributed by atoms with Crippen molar-refractivity contribution in [3.05, 3.63) is 11.7 Å². The number of hydrogen-bond acceptors (Lipinski definition) is 5. The lowest BCUT2D eigenvalue weighted by Gasteiger charge is -1.95. The molecule has 0 aliphatic rings. The van der Waals surface area contributed by atoms with Crippen molar-refractivity contribution < 1.29 is 14.4 Å². The van der Waals surface area contributed by atoms with Crippen molar-refractivity contribution in [1.29, 1.82) is 0 Å². The molecule has 5 heteroatoms. The highest BCUT2D eigenvalue weighted by Gasteiger charge is 2.10. The molecule has 0 aliphatic carbocycles. The number of hydrogen-bond donors (Lipinski definition) is 1. The van der Waals surface area contributed by atoms with Gasteiger partial charge < -0.3 is 14.4 Å². The minimum absolute atomic E-state index is 0.256. The Hall–Kier alpha value is -0.940. The van der Waals surface area contributed by atoms with Gasteiger partial charge in [0.1, 0.15) is 6.10 Å². The molecule has 1 unspecified atom stereocenters. The second-order valence-electron chi connectivity index (χ2n) is 2.67. The molecule has 13 heavy (non-hydrogen) atoms. The molecule has 0 aromatic carbocycles. The zero-order chi connectivity index (χ0) is 9.68. The second kappa shape index (κ2) is 4.94. The maximum atomic E-state index is 9.08. The molecule has 1 heterocycles. The third kappa shape index (κ3) is 3.12. The van der Waals surface area contributed by atoms with Crippen LogP contribution in [-0.2, 0) is 11.2 Å². The van der Waals surface area contributed by atoms with Gasteiger partial charge in [0.2, 0.25) is 0 Å². The SMILES string of the molecule is CCOCCc1noc(C(C)O)n1. The van der Waals surface area contributed by atoms with Gasteiger partial charge in [0.15, 0.2) is 5.82 Å². The van der Waals surface area contributed by atoms with Gasteiger partial charge in [-0.1, -0.05) is 5.16 Å². The van der Waals surface area contributed by atoms with Gasteiger partial charge >= 0.3 is 0 Å². The Balaban J connectivity index is 2.40. The maximum absolute atomic E-state index is 9.08. The predicted octanol–water partition coefficient (Wildman–Crippen LogP) is 0.702. The molecule has 0 saturated heterocycles. The molecule has 0 saturated carbocycles. The van der Waals surface area contributed by atoms with Crippen LogP contribution in [0.4, 0.5) is 0 Å². The molecule has 1 rings (SSSR count). The molecular weight excluding hydrogens is 172 g/mol. The van der Waals surface area contributed by atoms with Gasteiger partial charge in [-0.25, -0.2) is 0 Å². The molecule has 0 bridgehead atoms. The van der Waals surface area contributed by atoms with Crippen LogP contribution < -0.4 is 0 Å². The number of aliphatic hydroxyl groups excluding tert-OH is 1. The zero-order valence-corrected chi connectivity index (χ0v) is 7.86. The van der Waals surface area contributed by atoms with Crippen molar-refractivity contribution in [2.75, 3.05) is 13.2 Å². The summed E-state index contributed by atoms with van der Waals surface area (Å²) in [5.41, 5.74) is 0. The van der Waals surface area contributed by atoms with Gasteiger partial charge in [0, 0.05) is 13.0 Å². The van der Waals surface area contributed by atoms with E-state index in [1.165, 1.54) is 0 Å². The Morgan fingerprint density at radius 1 is 1.62 bits per heavy atom. The molecule has 74 valence electrons. The van der Waals surface area contributed by atoms with E-state index in [9.17, 15) is 0 Å². The Morgan fingerprint density at radius 2 is 2.38 bits per heavy atom. The smallest absolute Gasteiger partial charge is 0.255 e. The summed E-state index contributed by atoms with van der Waals surface area (Å²) < 4.78 is 9.91. The summed E-state index contributed by atoms with van der Waals surface area (Å²) >= 11 is 0. The molecule has 0 radical (unpaired) electrons. The molecule has 0 spiro atoms. The number of aromatic nitrogens is 2. The van der Waals surface area contributed by atoms with E-state index in [0.29, 0.717) is 25.5 Å². The van der Waals surface area contributed by atoms with Crippen LogP contribution >= 0.6 is 0 Å². The molecular formula is C8H14N2O3. The normalized spacial score (nSPS) is 13.2. The summed E-state index contributed by atoms with van der Waals surface area (Å²) in [6.45, 7) is 4.77. The van der Waals surface area contributed by atoms with Crippen molar-refractivity contribution in [3.8, 4) is 0 Å². The summed E-state index contributed by atoms with van der Waals surface area (Å²) in [4.78, 5) is 3.97. The van der Waals surface area contributed by atoms with E-state index in [0.717, 1.165) is 0 Å². The molecule has 1 aromatic rings. The molecule has 1 atom stereocenters. The van der Waals surface area contributed by atoms with Crippen molar-refractivity contribution in [3.63, 3.8) is 0 Å². The average molecular weight is 186 g/mol. The first kappa shape index (κ1) is 10.1. The minimum Gasteiger partial charge on any atom is -0.384 e. The van der Waals surface area contributed by atoms with Gasteiger partial charge in [-0.2, -0.15) is 4.98 Å². The van der Waals surface area contributed by atoms with Gasteiger partial charge in [-0.3, -0.25) is 0 Å². The molecule has 0 amide bonds. The molecule has 1 aromatic heterocycles. The highest BCUT2D eigenvalue weighted by atomic mass is 16.5. The summed E-state index contributed by atoms with van der Waals surface area (Å²) in [7, 11) is 0. The van der Waals surface area contributed by atoms with E-state index >= 15 is 0 Å². The van der Waals surface area contributed by atoms with E-state index in [2.05, 4.69) is 10.1 Å². The number of ether oxygens (including phenoxy) is 1. The zero-order valence-electron chi connectivity index (χ0n) is 7.86. The largest absolute Gasteiger partial charge is 0.384 e. The van der Waals surface area contributed by atoms with Gasteiger partial charge in [0.25, 0.3) is 5.89 Å². The molecule has 0 fully saturated rings. The summed E-state index contributed by atoms with van der Waals surface area (Å²) in [6.07, 6.45) is -0.0855. The predicted molar refractivity (Wildman–Crippen MR) is 45.1 cm³/mol. The lowest BCUT2D eigenvalue weighted by molar-refractivity contribution is 0.148. The van der Waals surface area contributed by atoms with E-state index in [4.69, 9.17) is 14.4 Å². The first-order valence-electron chi connectivity index (χ1n) is 4.32. The van der Waals surface area contributed by atoms with Crippen LogP contribution in [0.25, 0.3) is 0 Å². The summed E-state index contributed by atoms with van der Waals surface area (Å²) in [5, 5.41) is 12.8. The Bertz CT molecular complexity index is 247. The van der Waals surface area contributed by atoms with E-state index < -0.39 is 6.10 Å². The van der Waals surface area contributed by atoms with Gasteiger partial charge in [0.05, 0.1) is 6.61 Å². The Morgan fingerprint density at radius 3 is 2.92 bits per heavy atom. The van der Waals surface area contributed by atoms with Crippen LogP contribution in [0, 0.1) is 0 Å². The minimum atomic E-state index is -0.701. The van der Waals surface area contributed by atoms with Crippen LogP contribution in [0.15, 0.2) is 4.52 Å². The van der Waals surface area contributed by atoms with Crippen LogP contribution in [0.2, 0.25) is 0 Å². The fourth-order valence-corrected chi connectivity index (χ4v) is 0.847. The van der Waals surface area contributed by atoms with Gasteiger partial charge in [-0.15, -0.1) is 0 Å². The van der Waals surface area contributed by atoms with E-state index in [1.807, 2.05) is 6.92 Å². The number of aliphatic hydroxyl groups is 1. The highest BCUT2D eigenvalue weighted by molar-refractivity contribution is 4.88. The second-order valence-corrected chi connectivity index (χ2v) is 2.67. The maximum Gasteiger partial charge on any atom is 0.255 e. The average Bonchev–Trinajstić information content (AvgIpc) is 2.53. The number of nitrogens with zero attached hydrogens (tertiary/aromatic N) is 2. The highest BCUT2D eigenvalue weighted by Crippen LogP contribution is 2.08. The van der Waals surface area contributed by atoms with Crippen molar-refractivity contribution in [1.82, 2.24) is 10.1 Å².